The summed E-state index contributed by atoms with van der Waals surface area (Å²) in [6.45, 7) is 3.60. The Kier molecular flexibility index (Phi) is 4.24. The number of benzene rings is 1. The minimum Gasteiger partial charge on any atom is -0.478 e. The van der Waals surface area contributed by atoms with Crippen LogP contribution in [0.1, 0.15) is 27.3 Å². The van der Waals surface area contributed by atoms with Crippen molar-refractivity contribution < 1.29 is 9.90 Å². The van der Waals surface area contributed by atoms with Gasteiger partial charge in [-0.25, -0.2) is 4.79 Å². The highest BCUT2D eigenvalue weighted by molar-refractivity contribution is 9.10. The molecule has 0 unspecified atom stereocenters. The van der Waals surface area contributed by atoms with E-state index in [0.717, 1.165) is 5.69 Å². The van der Waals surface area contributed by atoms with Gasteiger partial charge in [-0.05, 0) is 54.0 Å². The number of carbonyl (C=O) groups is 1. The van der Waals surface area contributed by atoms with E-state index in [0.29, 0.717) is 27.1 Å². The second kappa shape index (κ2) is 5.94. The highest BCUT2D eigenvalue weighted by Gasteiger charge is 2.12. The first-order valence-corrected chi connectivity index (χ1v) is 6.90. The average Bonchev–Trinajstić information content (AvgIpc) is 2.40. The molecule has 0 spiro atoms. The summed E-state index contributed by atoms with van der Waals surface area (Å²) in [5.74, 6) is -1.02. The summed E-state index contributed by atoms with van der Waals surface area (Å²) >= 11 is 3.20. The van der Waals surface area contributed by atoms with Crippen LogP contribution in [0, 0.1) is 25.2 Å². The molecule has 2 N–H and O–H groups in total. The van der Waals surface area contributed by atoms with Crippen molar-refractivity contribution in [3.05, 3.63) is 51.3 Å². The molecule has 0 radical (unpaired) electrons. The van der Waals surface area contributed by atoms with Gasteiger partial charge in [0.05, 0.1) is 22.5 Å². The largest absolute Gasteiger partial charge is 0.478 e. The average molecular weight is 346 g/mol. The number of carboxylic acid groups (broad SMARTS) is 1. The van der Waals surface area contributed by atoms with E-state index < -0.39 is 5.97 Å². The highest BCUT2D eigenvalue weighted by atomic mass is 79.9. The Hall–Kier alpha value is -2.39. The van der Waals surface area contributed by atoms with Crippen LogP contribution in [-0.4, -0.2) is 16.1 Å². The minimum atomic E-state index is -1.02. The van der Waals surface area contributed by atoms with E-state index in [1.807, 2.05) is 6.92 Å². The number of anilines is 2. The summed E-state index contributed by atoms with van der Waals surface area (Å²) in [4.78, 5) is 15.4. The van der Waals surface area contributed by atoms with Crippen molar-refractivity contribution in [3.8, 4) is 6.07 Å². The fourth-order valence-corrected chi connectivity index (χ4v) is 2.41. The van der Waals surface area contributed by atoms with Crippen LogP contribution in [0.3, 0.4) is 0 Å². The Bertz CT molecular complexity index is 766. The van der Waals surface area contributed by atoms with Crippen LogP contribution in [0.5, 0.6) is 0 Å². The number of aryl methyl sites for hydroxylation is 2. The molecule has 106 valence electrons. The number of halogens is 1. The number of hydrogen-bond donors (Lipinski definition) is 2. The standard InChI is InChI=1S/C15H12BrN3O2/c1-8-5-14(12(7-17)9(2)18-8)19-10-3-4-13(16)11(6-10)15(20)21/h3-6H,1-2H3,(H,18,19)(H,20,21). The quantitative estimate of drug-likeness (QED) is 0.883. The number of nitriles is 1. The first-order chi connectivity index (χ1) is 9.92. The number of nitrogens with zero attached hydrogens (tertiary/aromatic N) is 2. The predicted molar refractivity (Wildman–Crippen MR) is 82.8 cm³/mol. The maximum atomic E-state index is 11.1. The van der Waals surface area contributed by atoms with E-state index >= 15 is 0 Å². The Morgan fingerprint density at radius 2 is 2.10 bits per heavy atom. The van der Waals surface area contributed by atoms with Gasteiger partial charge in [-0.2, -0.15) is 5.26 Å². The SMILES string of the molecule is Cc1cc(Nc2ccc(Br)c(C(=O)O)c2)c(C#N)c(C)n1. The van der Waals surface area contributed by atoms with Gasteiger partial charge in [0, 0.05) is 15.9 Å². The summed E-state index contributed by atoms with van der Waals surface area (Å²) in [6, 6.07) is 8.77. The molecular formula is C15H12BrN3O2. The van der Waals surface area contributed by atoms with Gasteiger partial charge in [0.15, 0.2) is 0 Å². The van der Waals surface area contributed by atoms with Gasteiger partial charge in [0.1, 0.15) is 6.07 Å². The summed E-state index contributed by atoms with van der Waals surface area (Å²) in [7, 11) is 0. The molecule has 1 aromatic heterocycles. The predicted octanol–water partition coefficient (Wildman–Crippen LogP) is 3.77. The molecule has 5 nitrogen and oxygen atoms in total. The molecule has 0 amide bonds. The lowest BCUT2D eigenvalue weighted by molar-refractivity contribution is 0.0696. The van der Waals surface area contributed by atoms with Crippen molar-refractivity contribution in [2.75, 3.05) is 5.32 Å². The van der Waals surface area contributed by atoms with Gasteiger partial charge in [0.2, 0.25) is 0 Å². The Labute approximate surface area is 130 Å². The van der Waals surface area contributed by atoms with Crippen LogP contribution in [0.25, 0.3) is 0 Å². The fraction of sp³-hybridized carbons (Fsp3) is 0.133. The van der Waals surface area contributed by atoms with Gasteiger partial charge in [-0.1, -0.05) is 0 Å². The van der Waals surface area contributed by atoms with E-state index in [9.17, 15) is 10.1 Å². The number of aromatic nitrogens is 1. The number of hydrogen-bond acceptors (Lipinski definition) is 4. The molecule has 0 aliphatic rings. The zero-order valence-electron chi connectivity index (χ0n) is 11.4. The number of rotatable bonds is 3. The summed E-state index contributed by atoms with van der Waals surface area (Å²) < 4.78 is 0.503. The maximum absolute atomic E-state index is 11.1. The molecule has 21 heavy (non-hydrogen) atoms. The second-order valence-electron chi connectivity index (χ2n) is 4.51. The Morgan fingerprint density at radius 3 is 2.71 bits per heavy atom. The van der Waals surface area contributed by atoms with Gasteiger partial charge >= 0.3 is 5.97 Å². The number of nitrogens with one attached hydrogen (secondary N) is 1. The molecule has 0 aliphatic carbocycles. The smallest absolute Gasteiger partial charge is 0.336 e. The molecule has 2 rings (SSSR count). The van der Waals surface area contributed by atoms with E-state index in [1.165, 1.54) is 6.07 Å². The molecule has 1 aromatic carbocycles. The van der Waals surface area contributed by atoms with Crippen molar-refractivity contribution in [2.24, 2.45) is 0 Å². The molecule has 0 bridgehead atoms. The monoisotopic (exact) mass is 345 g/mol. The Balaban J connectivity index is 2.46. The van der Waals surface area contributed by atoms with Crippen LogP contribution in [-0.2, 0) is 0 Å². The summed E-state index contributed by atoms with van der Waals surface area (Å²) in [5, 5.41) is 21.4. The first-order valence-electron chi connectivity index (χ1n) is 6.10. The molecule has 0 atom stereocenters. The molecule has 1 heterocycles. The van der Waals surface area contributed by atoms with Crippen molar-refractivity contribution >= 4 is 33.3 Å². The van der Waals surface area contributed by atoms with E-state index in [-0.39, 0.29) is 5.56 Å². The third kappa shape index (κ3) is 3.20. The van der Waals surface area contributed by atoms with E-state index in [2.05, 4.69) is 32.3 Å². The molecule has 0 aliphatic heterocycles. The molecule has 6 heteroatoms. The normalized spacial score (nSPS) is 10.0. The lowest BCUT2D eigenvalue weighted by Crippen LogP contribution is -2.02. The lowest BCUT2D eigenvalue weighted by atomic mass is 10.1. The maximum Gasteiger partial charge on any atom is 0.336 e. The van der Waals surface area contributed by atoms with Crippen LogP contribution < -0.4 is 5.32 Å². The molecular weight excluding hydrogens is 334 g/mol. The zero-order chi connectivity index (χ0) is 15.6. The molecule has 0 fully saturated rings. The van der Waals surface area contributed by atoms with E-state index in [1.54, 1.807) is 25.1 Å². The molecule has 0 saturated carbocycles. The van der Waals surface area contributed by atoms with Crippen LogP contribution in [0.2, 0.25) is 0 Å². The number of pyridine rings is 1. The van der Waals surface area contributed by atoms with Crippen LogP contribution in [0.15, 0.2) is 28.7 Å². The van der Waals surface area contributed by atoms with Gasteiger partial charge < -0.3 is 10.4 Å². The highest BCUT2D eigenvalue weighted by Crippen LogP contribution is 2.26. The number of carboxylic acids is 1. The summed E-state index contributed by atoms with van der Waals surface area (Å²) in [6.07, 6.45) is 0. The van der Waals surface area contributed by atoms with Gasteiger partial charge in [0.25, 0.3) is 0 Å². The van der Waals surface area contributed by atoms with Crippen molar-refractivity contribution in [3.63, 3.8) is 0 Å². The van der Waals surface area contributed by atoms with E-state index in [4.69, 9.17) is 5.11 Å². The zero-order valence-corrected chi connectivity index (χ0v) is 13.0. The third-order valence-corrected chi connectivity index (χ3v) is 3.61. The van der Waals surface area contributed by atoms with Gasteiger partial charge in [-0.3, -0.25) is 4.98 Å². The fourth-order valence-electron chi connectivity index (χ4n) is 1.99. The minimum absolute atomic E-state index is 0.154. The lowest BCUT2D eigenvalue weighted by Gasteiger charge is -2.12. The first kappa shape index (κ1) is 15.0. The van der Waals surface area contributed by atoms with Crippen molar-refractivity contribution in [2.45, 2.75) is 13.8 Å². The van der Waals surface area contributed by atoms with Crippen molar-refractivity contribution in [1.29, 1.82) is 5.26 Å². The number of aromatic carboxylic acids is 1. The third-order valence-electron chi connectivity index (χ3n) is 2.92. The Morgan fingerprint density at radius 1 is 1.38 bits per heavy atom. The van der Waals surface area contributed by atoms with Crippen molar-refractivity contribution in [1.82, 2.24) is 4.98 Å². The molecule has 0 saturated heterocycles. The topological polar surface area (TPSA) is 86.0 Å². The second-order valence-corrected chi connectivity index (χ2v) is 5.36. The van der Waals surface area contributed by atoms with Crippen LogP contribution >= 0.6 is 15.9 Å². The summed E-state index contributed by atoms with van der Waals surface area (Å²) in [5.41, 5.74) is 3.22. The van der Waals surface area contributed by atoms with Gasteiger partial charge in [-0.15, -0.1) is 0 Å². The molecule has 2 aromatic rings. The van der Waals surface area contributed by atoms with Crippen LogP contribution in [0.4, 0.5) is 11.4 Å².